The van der Waals surface area contributed by atoms with Gasteiger partial charge in [-0.25, -0.2) is 0 Å². The highest BCUT2D eigenvalue weighted by Gasteiger charge is 2.47. The van der Waals surface area contributed by atoms with Gasteiger partial charge in [-0.2, -0.15) is 0 Å². The molecule has 11 aromatic carbocycles. The molecule has 2 atom stereocenters. The highest BCUT2D eigenvalue weighted by molar-refractivity contribution is 6.20. The summed E-state index contributed by atoms with van der Waals surface area (Å²) >= 11 is 0. The van der Waals surface area contributed by atoms with Gasteiger partial charge in [0.2, 0.25) is 0 Å². The highest BCUT2D eigenvalue weighted by Crippen LogP contribution is 2.57. The Bertz CT molecular complexity index is 3540. The third-order valence-electron chi connectivity index (χ3n) is 14.1. The molecular weight excluding hydrogens is 811 g/mol. The minimum atomic E-state index is -0.562. The van der Waals surface area contributed by atoms with Gasteiger partial charge in [0, 0.05) is 6.54 Å². The molecule has 0 saturated heterocycles. The van der Waals surface area contributed by atoms with Gasteiger partial charge in [-0.1, -0.05) is 243 Å². The maximum absolute atomic E-state index is 7.70. The van der Waals surface area contributed by atoms with Gasteiger partial charge in [-0.05, 0) is 111 Å². The lowest BCUT2D eigenvalue weighted by Crippen LogP contribution is -2.40. The summed E-state index contributed by atoms with van der Waals surface area (Å²) in [5.41, 5.74) is 22.6. The first kappa shape index (κ1) is 40.6. The number of benzene rings is 11. The summed E-state index contributed by atoms with van der Waals surface area (Å²) in [5.74, 6) is 0. The highest BCUT2D eigenvalue weighted by atomic mass is 15.2. The van der Waals surface area contributed by atoms with Crippen molar-refractivity contribution in [2.75, 3.05) is 0 Å². The Kier molecular flexibility index (Phi) is 10.4. The summed E-state index contributed by atoms with van der Waals surface area (Å²) in [6, 6.07) is 90.3. The first-order chi connectivity index (χ1) is 33.2. The Labute approximate surface area is 392 Å². The van der Waals surface area contributed by atoms with Gasteiger partial charge in [-0.3, -0.25) is 10.6 Å². The predicted molar refractivity (Wildman–Crippen MR) is 280 cm³/mol. The fourth-order valence-electron chi connectivity index (χ4n) is 11.2. The van der Waals surface area contributed by atoms with Crippen LogP contribution in [0, 0.1) is 0 Å². The molecule has 0 spiro atoms. The Morgan fingerprint density at radius 2 is 0.955 bits per heavy atom. The van der Waals surface area contributed by atoms with E-state index in [9.17, 15) is 0 Å². The lowest BCUT2D eigenvalue weighted by atomic mass is 9.67. The van der Waals surface area contributed by atoms with Crippen LogP contribution < -0.4 is 16.4 Å². The van der Waals surface area contributed by atoms with E-state index in [4.69, 9.17) is 5.73 Å². The number of hydrogen-bond acceptors (Lipinski definition) is 3. The molecule has 0 amide bonds. The smallest absolute Gasteiger partial charge is 0.0858 e. The Morgan fingerprint density at radius 3 is 1.72 bits per heavy atom. The van der Waals surface area contributed by atoms with Crippen LogP contribution in [0.5, 0.6) is 0 Å². The maximum Gasteiger partial charge on any atom is 0.0858 e. The van der Waals surface area contributed by atoms with Gasteiger partial charge >= 0.3 is 0 Å². The Balaban J connectivity index is 1.04. The quantitative estimate of drug-likeness (QED) is 0.0690. The van der Waals surface area contributed by atoms with Crippen molar-refractivity contribution in [1.29, 1.82) is 0 Å². The van der Waals surface area contributed by atoms with Crippen LogP contribution in [-0.2, 0) is 12.0 Å². The van der Waals surface area contributed by atoms with E-state index in [1.54, 1.807) is 0 Å². The van der Waals surface area contributed by atoms with Crippen LogP contribution >= 0.6 is 0 Å². The molecular formula is C64H49N3. The molecule has 0 aromatic heterocycles. The van der Waals surface area contributed by atoms with Gasteiger partial charge < -0.3 is 5.73 Å². The molecule has 4 N–H and O–H groups in total. The van der Waals surface area contributed by atoms with Crippen LogP contribution in [0.4, 0.5) is 0 Å². The van der Waals surface area contributed by atoms with E-state index in [0.717, 1.165) is 16.7 Å². The van der Waals surface area contributed by atoms with E-state index in [-0.39, 0.29) is 6.17 Å². The summed E-state index contributed by atoms with van der Waals surface area (Å²) in [4.78, 5) is 0. The Morgan fingerprint density at radius 1 is 0.388 bits per heavy atom. The van der Waals surface area contributed by atoms with Gasteiger partial charge in [0.25, 0.3) is 0 Å². The van der Waals surface area contributed by atoms with E-state index in [1.165, 1.54) is 88.0 Å². The second-order valence-corrected chi connectivity index (χ2v) is 17.7. The zero-order valence-corrected chi connectivity index (χ0v) is 37.1. The summed E-state index contributed by atoms with van der Waals surface area (Å²) in [6.45, 7) is 0.603. The molecule has 1 aliphatic carbocycles. The summed E-state index contributed by atoms with van der Waals surface area (Å²) in [7, 11) is 0. The fourth-order valence-corrected chi connectivity index (χ4v) is 11.2. The van der Waals surface area contributed by atoms with Gasteiger partial charge in [0.15, 0.2) is 0 Å². The van der Waals surface area contributed by atoms with Crippen LogP contribution in [-0.4, -0.2) is 0 Å². The monoisotopic (exact) mass is 859 g/mol. The molecule has 0 fully saturated rings. The van der Waals surface area contributed by atoms with Crippen molar-refractivity contribution in [2.24, 2.45) is 5.73 Å². The first-order valence-electron chi connectivity index (χ1n) is 23.3. The lowest BCUT2D eigenvalue weighted by molar-refractivity contribution is 0.387. The van der Waals surface area contributed by atoms with Crippen molar-refractivity contribution in [2.45, 2.75) is 24.3 Å². The SMILES string of the molecule is NC(NC(NCc1ccccc1-c1ccccc1)c1ccccc1-c1c2ccccc2cc2c1ccc1ccccc12)c1cccc2c1-c1ccccc1C2(c1ccccc1)c1ccccc1. The lowest BCUT2D eigenvalue weighted by Gasteiger charge is -2.34. The van der Waals surface area contributed by atoms with Gasteiger partial charge in [0.1, 0.15) is 0 Å². The number of hydrogen-bond donors (Lipinski definition) is 3. The standard InChI is InChI=1S/C64H49N3/c65-62(56-36-20-38-59-61(56)55-35-18-19-37-58(55)64(59,47-26-6-2-7-27-47)48-28-8-3-9-29-48)67-63(66-42-46-25-12-13-30-49(46)43-21-4-1-5-22-43)54-34-17-16-33-52(54)60-51-32-15-11-24-45(51)41-57-50-31-14-10-23-44(50)39-40-53(57)60/h1-41,62-63,66-67H,42,65H2. The average Bonchev–Trinajstić information content (AvgIpc) is 3.71. The minimum Gasteiger partial charge on any atom is -0.312 e. The summed E-state index contributed by atoms with van der Waals surface area (Å²) in [6.07, 6.45) is -0.932. The molecule has 67 heavy (non-hydrogen) atoms. The maximum atomic E-state index is 7.70. The molecule has 11 aromatic rings. The molecule has 0 saturated carbocycles. The van der Waals surface area contributed by atoms with Crippen LogP contribution in [0.25, 0.3) is 65.7 Å². The van der Waals surface area contributed by atoms with Gasteiger partial charge in [0.05, 0.1) is 17.7 Å². The largest absolute Gasteiger partial charge is 0.312 e. The van der Waals surface area contributed by atoms with Gasteiger partial charge in [-0.15, -0.1) is 0 Å². The third kappa shape index (κ3) is 6.87. The average molecular weight is 860 g/mol. The number of rotatable bonds is 11. The van der Waals surface area contributed by atoms with Crippen molar-refractivity contribution in [3.05, 3.63) is 288 Å². The zero-order chi connectivity index (χ0) is 44.7. The summed E-state index contributed by atoms with van der Waals surface area (Å²) in [5, 5.41) is 15.5. The van der Waals surface area contributed by atoms with E-state index in [1.807, 2.05) is 0 Å². The van der Waals surface area contributed by atoms with Crippen LogP contribution in [0.2, 0.25) is 0 Å². The molecule has 0 bridgehead atoms. The van der Waals surface area contributed by atoms with Crippen LogP contribution in [0.3, 0.4) is 0 Å². The molecule has 0 aliphatic heterocycles. The van der Waals surface area contributed by atoms with Crippen molar-refractivity contribution < 1.29 is 0 Å². The fraction of sp³-hybridized carbons (Fsp3) is 0.0625. The third-order valence-corrected chi connectivity index (χ3v) is 14.1. The topological polar surface area (TPSA) is 50.1 Å². The van der Waals surface area contributed by atoms with Crippen molar-refractivity contribution in [3.8, 4) is 33.4 Å². The minimum absolute atomic E-state index is 0.370. The molecule has 1 aliphatic rings. The van der Waals surface area contributed by atoms with E-state index in [2.05, 4.69) is 259 Å². The van der Waals surface area contributed by atoms with E-state index < -0.39 is 11.6 Å². The van der Waals surface area contributed by atoms with E-state index >= 15 is 0 Å². The second-order valence-electron chi connectivity index (χ2n) is 17.7. The van der Waals surface area contributed by atoms with Crippen molar-refractivity contribution in [3.63, 3.8) is 0 Å². The van der Waals surface area contributed by atoms with Crippen molar-refractivity contribution >= 4 is 32.3 Å². The molecule has 3 heteroatoms. The molecule has 320 valence electrons. The molecule has 2 unspecified atom stereocenters. The molecule has 0 heterocycles. The number of nitrogens with one attached hydrogen (secondary N) is 2. The summed E-state index contributed by atoms with van der Waals surface area (Å²) < 4.78 is 0. The van der Waals surface area contributed by atoms with Crippen LogP contribution in [0.1, 0.15) is 51.3 Å². The molecule has 3 nitrogen and oxygen atoms in total. The Hall–Kier alpha value is -7.92. The molecule has 0 radical (unpaired) electrons. The van der Waals surface area contributed by atoms with E-state index in [0.29, 0.717) is 6.54 Å². The zero-order valence-electron chi connectivity index (χ0n) is 37.1. The number of nitrogens with two attached hydrogens (primary N) is 1. The second kappa shape index (κ2) is 17.1. The number of fused-ring (bicyclic) bond motifs is 7. The van der Waals surface area contributed by atoms with Crippen LogP contribution in [0.15, 0.2) is 249 Å². The normalized spacial score (nSPS) is 13.6. The van der Waals surface area contributed by atoms with Crippen molar-refractivity contribution in [1.82, 2.24) is 10.6 Å². The molecule has 12 rings (SSSR count). The first-order valence-corrected chi connectivity index (χ1v) is 23.3. The predicted octanol–water partition coefficient (Wildman–Crippen LogP) is 14.9.